The molecule has 3 heterocycles. The second-order valence-electron chi connectivity index (χ2n) is 8.60. The Balaban J connectivity index is 1.48. The second kappa shape index (κ2) is 10.5. The van der Waals surface area contributed by atoms with E-state index < -0.39 is 5.91 Å². The van der Waals surface area contributed by atoms with Crippen molar-refractivity contribution in [2.75, 3.05) is 31.6 Å². The number of nitrogens with two attached hydrogens (primary N) is 1. The summed E-state index contributed by atoms with van der Waals surface area (Å²) in [6.45, 7) is 3.80. The number of ether oxygens (including phenoxy) is 1. The van der Waals surface area contributed by atoms with Crippen molar-refractivity contribution in [3.8, 4) is 17.1 Å². The van der Waals surface area contributed by atoms with E-state index in [-0.39, 0.29) is 0 Å². The van der Waals surface area contributed by atoms with Crippen molar-refractivity contribution in [2.45, 2.75) is 19.3 Å². The van der Waals surface area contributed by atoms with Crippen molar-refractivity contribution in [1.82, 2.24) is 19.9 Å². The summed E-state index contributed by atoms with van der Waals surface area (Å²) >= 11 is 0. The topological polar surface area (TPSA) is 106 Å². The fraction of sp³-hybridized carbons (Fsp3) is 0.259. The van der Waals surface area contributed by atoms with E-state index >= 15 is 0 Å². The van der Waals surface area contributed by atoms with Crippen LogP contribution in [-0.2, 0) is 0 Å². The van der Waals surface area contributed by atoms with Gasteiger partial charge in [-0.05, 0) is 68.4 Å². The highest BCUT2D eigenvalue weighted by atomic mass is 16.5. The van der Waals surface area contributed by atoms with E-state index in [1.165, 1.54) is 19.3 Å². The lowest BCUT2D eigenvalue weighted by molar-refractivity contribution is 0.100. The number of fused-ring (bicyclic) bond motifs is 1. The number of rotatable bonds is 8. The van der Waals surface area contributed by atoms with Gasteiger partial charge >= 0.3 is 0 Å². The normalized spacial score (nSPS) is 14.1. The molecule has 4 aromatic rings. The lowest BCUT2D eigenvalue weighted by Crippen LogP contribution is -2.33. The van der Waals surface area contributed by atoms with Gasteiger partial charge in [-0.1, -0.05) is 18.6 Å². The van der Waals surface area contributed by atoms with Crippen molar-refractivity contribution in [3.63, 3.8) is 0 Å². The Morgan fingerprint density at radius 1 is 1.03 bits per heavy atom. The maximum atomic E-state index is 12.0. The summed E-state index contributed by atoms with van der Waals surface area (Å²) in [5, 5.41) is 4.09. The molecule has 178 valence electrons. The summed E-state index contributed by atoms with van der Waals surface area (Å²) in [6.07, 6.45) is 7.27. The van der Waals surface area contributed by atoms with Crippen LogP contribution in [0.25, 0.3) is 22.3 Å². The molecule has 1 aliphatic heterocycles. The van der Waals surface area contributed by atoms with E-state index in [2.05, 4.69) is 15.2 Å². The molecular formula is C27H28N6O2. The first-order valence-electron chi connectivity index (χ1n) is 11.9. The molecule has 0 saturated carbocycles. The Kier molecular flexibility index (Phi) is 6.81. The van der Waals surface area contributed by atoms with Gasteiger partial charge in [0.25, 0.3) is 5.91 Å². The molecule has 0 radical (unpaired) electrons. The van der Waals surface area contributed by atoms with Gasteiger partial charge in [0.05, 0.1) is 16.8 Å². The Labute approximate surface area is 204 Å². The van der Waals surface area contributed by atoms with E-state index in [4.69, 9.17) is 20.4 Å². The minimum absolute atomic E-state index is 0.385. The van der Waals surface area contributed by atoms with Crippen LogP contribution >= 0.6 is 0 Å². The Bertz CT molecular complexity index is 1320. The third kappa shape index (κ3) is 5.38. The van der Waals surface area contributed by atoms with Crippen LogP contribution < -0.4 is 15.8 Å². The Morgan fingerprint density at radius 3 is 2.69 bits per heavy atom. The summed E-state index contributed by atoms with van der Waals surface area (Å²) in [7, 11) is 0. The Hall–Kier alpha value is -4.04. The molecule has 8 heteroatoms. The van der Waals surface area contributed by atoms with Crippen molar-refractivity contribution in [1.29, 1.82) is 0 Å². The number of nitrogens with zero attached hydrogens (tertiary/aromatic N) is 4. The number of benzene rings is 2. The van der Waals surface area contributed by atoms with Crippen LogP contribution in [0, 0.1) is 0 Å². The van der Waals surface area contributed by atoms with Gasteiger partial charge in [0.15, 0.2) is 5.82 Å². The summed E-state index contributed by atoms with van der Waals surface area (Å²) in [5.74, 6) is 1.33. The lowest BCUT2D eigenvalue weighted by atomic mass is 10.1. The average Bonchev–Trinajstić information content (AvgIpc) is 2.90. The number of hydrogen-bond acceptors (Lipinski definition) is 7. The fourth-order valence-corrected chi connectivity index (χ4v) is 4.33. The van der Waals surface area contributed by atoms with Gasteiger partial charge in [-0.3, -0.25) is 14.7 Å². The first-order chi connectivity index (χ1) is 17.2. The van der Waals surface area contributed by atoms with Crippen LogP contribution in [0.4, 0.5) is 11.5 Å². The number of aromatic nitrogens is 3. The van der Waals surface area contributed by atoms with Crippen molar-refractivity contribution < 1.29 is 9.53 Å². The second-order valence-corrected chi connectivity index (χ2v) is 8.60. The maximum absolute atomic E-state index is 12.0. The molecule has 0 spiro atoms. The molecular weight excluding hydrogens is 440 g/mol. The van der Waals surface area contributed by atoms with Gasteiger partial charge in [-0.25, -0.2) is 9.97 Å². The molecule has 3 N–H and O–H groups in total. The van der Waals surface area contributed by atoms with Gasteiger partial charge in [-0.15, -0.1) is 0 Å². The SMILES string of the molecule is NC(=O)c1ccccc1Nc1nc(-c2cccnc2)nc2ccc(OCCN3CCCCC3)cc12. The summed E-state index contributed by atoms with van der Waals surface area (Å²) in [6, 6.07) is 16.7. The molecule has 2 aromatic carbocycles. The lowest BCUT2D eigenvalue weighted by Gasteiger charge is -2.26. The van der Waals surface area contributed by atoms with Crippen LogP contribution in [0.2, 0.25) is 0 Å². The summed E-state index contributed by atoms with van der Waals surface area (Å²) < 4.78 is 6.09. The van der Waals surface area contributed by atoms with Crippen molar-refractivity contribution >= 4 is 28.3 Å². The highest BCUT2D eigenvalue weighted by Gasteiger charge is 2.15. The number of pyridine rings is 1. The number of amides is 1. The molecule has 5 rings (SSSR count). The first kappa shape index (κ1) is 22.7. The van der Waals surface area contributed by atoms with E-state index in [1.54, 1.807) is 30.6 Å². The molecule has 0 atom stereocenters. The van der Waals surface area contributed by atoms with Crippen LogP contribution in [-0.4, -0.2) is 52.0 Å². The van der Waals surface area contributed by atoms with Gasteiger partial charge < -0.3 is 15.8 Å². The molecule has 1 saturated heterocycles. The smallest absolute Gasteiger partial charge is 0.250 e. The highest BCUT2D eigenvalue weighted by Crippen LogP contribution is 2.31. The van der Waals surface area contributed by atoms with Crippen LogP contribution in [0.5, 0.6) is 5.75 Å². The van der Waals surface area contributed by atoms with E-state index in [9.17, 15) is 4.79 Å². The molecule has 1 amide bonds. The molecule has 2 aromatic heterocycles. The maximum Gasteiger partial charge on any atom is 0.250 e. The number of hydrogen-bond donors (Lipinski definition) is 2. The summed E-state index contributed by atoms with van der Waals surface area (Å²) in [4.78, 5) is 28.2. The van der Waals surface area contributed by atoms with Crippen LogP contribution in [0.1, 0.15) is 29.6 Å². The number of likely N-dealkylation sites (tertiary alicyclic amines) is 1. The Morgan fingerprint density at radius 2 is 1.89 bits per heavy atom. The number of piperidine rings is 1. The third-order valence-electron chi connectivity index (χ3n) is 6.16. The van der Waals surface area contributed by atoms with E-state index in [1.807, 2.05) is 36.4 Å². The van der Waals surface area contributed by atoms with E-state index in [0.29, 0.717) is 29.5 Å². The number of primary amides is 1. The largest absolute Gasteiger partial charge is 0.492 e. The minimum Gasteiger partial charge on any atom is -0.492 e. The van der Waals surface area contributed by atoms with Gasteiger partial charge in [0, 0.05) is 29.9 Å². The molecule has 0 bridgehead atoms. The molecule has 8 nitrogen and oxygen atoms in total. The van der Waals surface area contributed by atoms with Gasteiger partial charge in [0.1, 0.15) is 18.2 Å². The predicted molar refractivity (Wildman–Crippen MR) is 137 cm³/mol. The average molecular weight is 469 g/mol. The molecule has 0 aliphatic carbocycles. The third-order valence-corrected chi connectivity index (χ3v) is 6.16. The van der Waals surface area contributed by atoms with E-state index in [0.717, 1.165) is 41.9 Å². The molecule has 1 aliphatic rings. The fourth-order valence-electron chi connectivity index (χ4n) is 4.33. The zero-order valence-corrected chi connectivity index (χ0v) is 19.5. The number of carbonyl (C=O) groups is 1. The zero-order valence-electron chi connectivity index (χ0n) is 19.5. The quantitative estimate of drug-likeness (QED) is 0.395. The van der Waals surface area contributed by atoms with Crippen molar-refractivity contribution in [2.24, 2.45) is 5.73 Å². The number of para-hydroxylation sites is 1. The standard InChI is InChI=1S/C27H28N6O2/c28-25(34)21-8-2-3-9-23(21)31-27-22-17-20(35-16-15-33-13-4-1-5-14-33)10-11-24(22)30-26(32-27)19-7-6-12-29-18-19/h2-3,6-12,17-18H,1,4-5,13-16H2,(H2,28,34)(H,30,31,32). The van der Waals surface area contributed by atoms with Crippen LogP contribution in [0.15, 0.2) is 67.0 Å². The monoisotopic (exact) mass is 468 g/mol. The predicted octanol–water partition coefficient (Wildman–Crippen LogP) is 4.40. The summed E-state index contributed by atoms with van der Waals surface area (Å²) in [5.41, 5.74) is 8.11. The number of carbonyl (C=O) groups excluding carboxylic acids is 1. The zero-order chi connectivity index (χ0) is 24.0. The van der Waals surface area contributed by atoms with Crippen molar-refractivity contribution in [3.05, 3.63) is 72.6 Å². The molecule has 0 unspecified atom stereocenters. The minimum atomic E-state index is -0.513. The van der Waals surface area contributed by atoms with Crippen LogP contribution in [0.3, 0.4) is 0 Å². The molecule has 1 fully saturated rings. The number of anilines is 2. The van der Waals surface area contributed by atoms with Gasteiger partial charge in [0.2, 0.25) is 0 Å². The highest BCUT2D eigenvalue weighted by molar-refractivity contribution is 6.01. The molecule has 35 heavy (non-hydrogen) atoms. The van der Waals surface area contributed by atoms with Gasteiger partial charge in [-0.2, -0.15) is 0 Å². The first-order valence-corrected chi connectivity index (χ1v) is 11.9. The number of nitrogens with one attached hydrogen (secondary N) is 1.